The van der Waals surface area contributed by atoms with E-state index in [0.29, 0.717) is 5.69 Å². The normalized spacial score (nSPS) is 12.3. The summed E-state index contributed by atoms with van der Waals surface area (Å²) in [4.78, 5) is 18.6. The van der Waals surface area contributed by atoms with Gasteiger partial charge in [0, 0.05) is 23.4 Å². The van der Waals surface area contributed by atoms with Crippen molar-refractivity contribution in [2.45, 2.75) is 13.0 Å². The van der Waals surface area contributed by atoms with Gasteiger partial charge in [-0.2, -0.15) is 11.3 Å². The molecule has 0 bridgehead atoms. The molecular formula is C15H14N2O2S2. The second kappa shape index (κ2) is 5.83. The van der Waals surface area contributed by atoms with Gasteiger partial charge in [0.2, 0.25) is 0 Å². The highest BCUT2D eigenvalue weighted by Gasteiger charge is 2.22. The smallest absolute Gasteiger partial charge is 0.273 e. The molecule has 4 nitrogen and oxygen atoms in total. The maximum absolute atomic E-state index is 12.5. The van der Waals surface area contributed by atoms with Gasteiger partial charge in [0.05, 0.1) is 12.3 Å². The van der Waals surface area contributed by atoms with Gasteiger partial charge in [0.25, 0.3) is 5.91 Å². The maximum Gasteiger partial charge on any atom is 0.273 e. The standard InChI is InChI=1S/C15H14N2O2S2/c1-10(13-4-3-6-19-13)17(2)15(18)12-9-21-14(16-12)11-5-7-20-8-11/h3-10H,1-2H3. The molecule has 0 radical (unpaired) electrons. The Bertz CT molecular complexity index is 717. The summed E-state index contributed by atoms with van der Waals surface area (Å²) < 4.78 is 5.36. The Morgan fingerprint density at radius 3 is 2.90 bits per heavy atom. The molecule has 1 unspecified atom stereocenters. The SMILES string of the molecule is CC(c1ccco1)N(C)C(=O)c1csc(-c2ccsc2)n1. The Morgan fingerprint density at radius 2 is 2.24 bits per heavy atom. The van der Waals surface area contributed by atoms with Crippen molar-refractivity contribution in [3.8, 4) is 10.6 Å². The van der Waals surface area contributed by atoms with E-state index in [4.69, 9.17) is 4.42 Å². The average molecular weight is 318 g/mol. The van der Waals surface area contributed by atoms with Crippen molar-refractivity contribution >= 4 is 28.6 Å². The van der Waals surface area contributed by atoms with Gasteiger partial charge in [-0.25, -0.2) is 4.98 Å². The molecule has 6 heteroatoms. The molecule has 3 rings (SSSR count). The number of furan rings is 1. The monoisotopic (exact) mass is 318 g/mol. The summed E-state index contributed by atoms with van der Waals surface area (Å²) in [5, 5.41) is 6.71. The highest BCUT2D eigenvalue weighted by molar-refractivity contribution is 7.14. The second-order valence-corrected chi connectivity index (χ2v) is 6.30. The van der Waals surface area contributed by atoms with E-state index < -0.39 is 0 Å². The number of thiophene rings is 1. The highest BCUT2D eigenvalue weighted by Crippen LogP contribution is 2.27. The zero-order valence-corrected chi connectivity index (χ0v) is 13.3. The van der Waals surface area contributed by atoms with E-state index in [2.05, 4.69) is 4.98 Å². The molecule has 0 saturated heterocycles. The van der Waals surface area contributed by atoms with Crippen LogP contribution in [0.2, 0.25) is 0 Å². The molecule has 21 heavy (non-hydrogen) atoms. The minimum atomic E-state index is -0.126. The first kappa shape index (κ1) is 14.0. The lowest BCUT2D eigenvalue weighted by molar-refractivity contribution is 0.0721. The first-order chi connectivity index (χ1) is 10.2. The molecule has 3 aromatic rings. The van der Waals surface area contributed by atoms with Gasteiger partial charge in [-0.15, -0.1) is 11.3 Å². The molecular weight excluding hydrogens is 304 g/mol. The lowest BCUT2D eigenvalue weighted by Crippen LogP contribution is -2.29. The van der Waals surface area contributed by atoms with Crippen LogP contribution in [0, 0.1) is 0 Å². The number of carbonyl (C=O) groups is 1. The zero-order valence-electron chi connectivity index (χ0n) is 11.6. The molecule has 0 aliphatic carbocycles. The fourth-order valence-corrected chi connectivity index (χ4v) is 3.47. The topological polar surface area (TPSA) is 46.3 Å². The Hall–Kier alpha value is -1.92. The average Bonchev–Trinajstić information content (AvgIpc) is 3.26. The van der Waals surface area contributed by atoms with Crippen LogP contribution in [-0.4, -0.2) is 22.8 Å². The Balaban J connectivity index is 1.79. The Kier molecular flexibility index (Phi) is 3.90. The van der Waals surface area contributed by atoms with Gasteiger partial charge < -0.3 is 9.32 Å². The Labute approximate surface area is 130 Å². The van der Waals surface area contributed by atoms with Crippen LogP contribution in [0.3, 0.4) is 0 Å². The summed E-state index contributed by atoms with van der Waals surface area (Å²) in [6.07, 6.45) is 1.61. The molecule has 1 atom stereocenters. The van der Waals surface area contributed by atoms with E-state index >= 15 is 0 Å². The van der Waals surface area contributed by atoms with E-state index in [-0.39, 0.29) is 11.9 Å². The lowest BCUT2D eigenvalue weighted by atomic mass is 10.2. The predicted octanol–water partition coefficient (Wildman–Crippen LogP) is 4.30. The zero-order chi connectivity index (χ0) is 14.8. The molecule has 0 saturated carbocycles. The molecule has 1 amide bonds. The van der Waals surface area contributed by atoms with Gasteiger partial charge in [-0.05, 0) is 30.5 Å². The van der Waals surface area contributed by atoms with Crippen molar-refractivity contribution in [1.29, 1.82) is 0 Å². The number of rotatable bonds is 4. The number of amides is 1. The van der Waals surface area contributed by atoms with Crippen LogP contribution in [0.15, 0.2) is 45.0 Å². The number of aromatic nitrogens is 1. The minimum Gasteiger partial charge on any atom is -0.467 e. The third-order valence-corrected chi connectivity index (χ3v) is 4.92. The quantitative estimate of drug-likeness (QED) is 0.720. The first-order valence-corrected chi connectivity index (χ1v) is 8.27. The van der Waals surface area contributed by atoms with Crippen LogP contribution in [0.5, 0.6) is 0 Å². The van der Waals surface area contributed by atoms with Gasteiger partial charge >= 0.3 is 0 Å². The van der Waals surface area contributed by atoms with Crippen molar-refractivity contribution in [2.24, 2.45) is 0 Å². The van der Waals surface area contributed by atoms with Crippen molar-refractivity contribution in [3.05, 3.63) is 52.1 Å². The van der Waals surface area contributed by atoms with Crippen LogP contribution < -0.4 is 0 Å². The van der Waals surface area contributed by atoms with Crippen LogP contribution >= 0.6 is 22.7 Å². The molecule has 0 N–H and O–H groups in total. The van der Waals surface area contributed by atoms with Crippen LogP contribution in [0.1, 0.15) is 29.2 Å². The summed E-state index contributed by atoms with van der Waals surface area (Å²) in [7, 11) is 1.76. The van der Waals surface area contributed by atoms with E-state index in [0.717, 1.165) is 16.3 Å². The van der Waals surface area contributed by atoms with E-state index in [1.807, 2.05) is 35.9 Å². The minimum absolute atomic E-state index is 0.100. The second-order valence-electron chi connectivity index (χ2n) is 4.66. The fourth-order valence-electron chi connectivity index (χ4n) is 1.97. The third kappa shape index (κ3) is 2.77. The van der Waals surface area contributed by atoms with Gasteiger partial charge in [-0.3, -0.25) is 4.79 Å². The van der Waals surface area contributed by atoms with E-state index in [1.54, 1.807) is 34.9 Å². The third-order valence-electron chi connectivity index (χ3n) is 3.35. The highest BCUT2D eigenvalue weighted by atomic mass is 32.1. The molecule has 0 aromatic carbocycles. The van der Waals surface area contributed by atoms with Crippen molar-refractivity contribution in [2.75, 3.05) is 7.05 Å². The summed E-state index contributed by atoms with van der Waals surface area (Å²) in [5.41, 5.74) is 1.54. The van der Waals surface area contributed by atoms with Gasteiger partial charge in [0.15, 0.2) is 0 Å². The molecule has 108 valence electrons. The maximum atomic E-state index is 12.5. The molecule has 3 heterocycles. The fraction of sp³-hybridized carbons (Fsp3) is 0.200. The molecule has 3 aromatic heterocycles. The molecule has 0 fully saturated rings. The van der Waals surface area contributed by atoms with Crippen LogP contribution in [-0.2, 0) is 0 Å². The van der Waals surface area contributed by atoms with Crippen molar-refractivity contribution in [3.63, 3.8) is 0 Å². The van der Waals surface area contributed by atoms with Crippen molar-refractivity contribution < 1.29 is 9.21 Å². The summed E-state index contributed by atoms with van der Waals surface area (Å²) in [5.74, 6) is 0.663. The number of nitrogens with zero attached hydrogens (tertiary/aromatic N) is 2. The number of hydrogen-bond donors (Lipinski definition) is 0. The summed E-state index contributed by atoms with van der Waals surface area (Å²) in [6, 6.07) is 5.57. The predicted molar refractivity (Wildman–Crippen MR) is 84.6 cm³/mol. The summed E-state index contributed by atoms with van der Waals surface area (Å²) >= 11 is 3.11. The van der Waals surface area contributed by atoms with Crippen LogP contribution in [0.25, 0.3) is 10.6 Å². The molecule has 0 spiro atoms. The number of hydrogen-bond acceptors (Lipinski definition) is 5. The summed E-state index contributed by atoms with van der Waals surface area (Å²) in [6.45, 7) is 1.93. The first-order valence-electron chi connectivity index (χ1n) is 6.45. The van der Waals surface area contributed by atoms with Crippen LogP contribution in [0.4, 0.5) is 0 Å². The van der Waals surface area contributed by atoms with Crippen molar-refractivity contribution in [1.82, 2.24) is 9.88 Å². The van der Waals surface area contributed by atoms with E-state index in [9.17, 15) is 4.79 Å². The molecule has 0 aliphatic rings. The largest absolute Gasteiger partial charge is 0.467 e. The molecule has 0 aliphatic heterocycles. The number of thiazole rings is 1. The van der Waals surface area contributed by atoms with Gasteiger partial charge in [-0.1, -0.05) is 0 Å². The van der Waals surface area contributed by atoms with E-state index in [1.165, 1.54) is 11.3 Å². The van der Waals surface area contributed by atoms with Gasteiger partial charge in [0.1, 0.15) is 16.5 Å². The lowest BCUT2D eigenvalue weighted by Gasteiger charge is -2.22. The number of carbonyl (C=O) groups excluding carboxylic acids is 1. The Morgan fingerprint density at radius 1 is 1.38 bits per heavy atom.